The minimum Gasteiger partial charge on any atom is -0.370 e. The van der Waals surface area contributed by atoms with Gasteiger partial charge in [0.05, 0.1) is 17.1 Å². The SMILES string of the molecule is CC(C)(C)C.N#CC1(c2ccc(Cl)cc2F)CCN(C(=O)NCCC(N)=O)[C@@H]1c1cccc(Cl)c1F. The van der Waals surface area contributed by atoms with Gasteiger partial charge in [-0.25, -0.2) is 13.6 Å². The summed E-state index contributed by atoms with van der Waals surface area (Å²) in [5.74, 6) is -2.15. The number of primary amides is 1. The van der Waals surface area contributed by atoms with Crippen LogP contribution in [-0.4, -0.2) is 29.9 Å². The summed E-state index contributed by atoms with van der Waals surface area (Å²) in [4.78, 5) is 25.1. The van der Waals surface area contributed by atoms with Gasteiger partial charge in [-0.05, 0) is 30.0 Å². The van der Waals surface area contributed by atoms with Crippen LogP contribution in [0.25, 0.3) is 0 Å². The Morgan fingerprint density at radius 2 is 1.86 bits per heavy atom. The van der Waals surface area contributed by atoms with Gasteiger partial charge in [-0.1, -0.05) is 69.1 Å². The molecule has 3 N–H and O–H groups in total. The fraction of sp³-hybridized carbons (Fsp3) is 0.423. The van der Waals surface area contributed by atoms with Gasteiger partial charge in [0.15, 0.2) is 0 Å². The van der Waals surface area contributed by atoms with Crippen molar-refractivity contribution in [2.75, 3.05) is 13.1 Å². The lowest BCUT2D eigenvalue weighted by atomic mass is 9.72. The van der Waals surface area contributed by atoms with Crippen molar-refractivity contribution in [3.05, 3.63) is 69.2 Å². The predicted molar refractivity (Wildman–Crippen MR) is 137 cm³/mol. The van der Waals surface area contributed by atoms with E-state index >= 15 is 4.39 Å². The van der Waals surface area contributed by atoms with Crippen molar-refractivity contribution in [2.24, 2.45) is 11.1 Å². The molecule has 1 fully saturated rings. The molecular formula is C26H30Cl2F2N4O2. The summed E-state index contributed by atoms with van der Waals surface area (Å²) in [6.45, 7) is 8.75. The lowest BCUT2D eigenvalue weighted by molar-refractivity contribution is -0.117. The Labute approximate surface area is 220 Å². The van der Waals surface area contributed by atoms with Crippen molar-refractivity contribution < 1.29 is 18.4 Å². The van der Waals surface area contributed by atoms with E-state index in [4.69, 9.17) is 28.9 Å². The van der Waals surface area contributed by atoms with Gasteiger partial charge in [-0.15, -0.1) is 0 Å². The normalized spacial score (nSPS) is 19.2. The molecule has 0 saturated carbocycles. The molecular weight excluding hydrogens is 509 g/mol. The number of urea groups is 1. The number of carbonyl (C=O) groups is 2. The minimum absolute atomic E-state index is 0.00351. The fourth-order valence-corrected chi connectivity index (χ4v) is 4.26. The third kappa shape index (κ3) is 7.08. The first-order valence-corrected chi connectivity index (χ1v) is 12.1. The lowest BCUT2D eigenvalue weighted by Gasteiger charge is -2.34. The number of amides is 3. The summed E-state index contributed by atoms with van der Waals surface area (Å²) >= 11 is 11.8. The highest BCUT2D eigenvalue weighted by Gasteiger charge is 2.53. The number of nitrogens with zero attached hydrogens (tertiary/aromatic N) is 2. The summed E-state index contributed by atoms with van der Waals surface area (Å²) in [5, 5.41) is 12.7. The molecule has 0 spiro atoms. The first-order valence-electron chi connectivity index (χ1n) is 11.3. The maximum absolute atomic E-state index is 15.0. The molecule has 10 heteroatoms. The van der Waals surface area contributed by atoms with Crippen LogP contribution < -0.4 is 11.1 Å². The molecule has 3 rings (SSSR count). The first kappa shape index (κ1) is 29.3. The number of nitriles is 1. The molecule has 2 aromatic carbocycles. The predicted octanol–water partition coefficient (Wildman–Crippen LogP) is 6.12. The number of hydrogen-bond acceptors (Lipinski definition) is 3. The number of nitrogens with two attached hydrogens (primary N) is 1. The fourth-order valence-electron chi connectivity index (χ4n) is 3.92. The minimum atomic E-state index is -1.60. The third-order valence-electron chi connectivity index (χ3n) is 5.32. The van der Waals surface area contributed by atoms with E-state index in [9.17, 15) is 19.2 Å². The van der Waals surface area contributed by atoms with Crippen molar-refractivity contribution >= 4 is 35.1 Å². The number of benzene rings is 2. The van der Waals surface area contributed by atoms with Gasteiger partial charge in [0.25, 0.3) is 0 Å². The molecule has 3 amide bonds. The van der Waals surface area contributed by atoms with Crippen LogP contribution in [0.2, 0.25) is 10.0 Å². The van der Waals surface area contributed by atoms with E-state index in [2.05, 4.69) is 39.1 Å². The molecule has 2 atom stereocenters. The van der Waals surface area contributed by atoms with E-state index in [1.165, 1.54) is 35.2 Å². The molecule has 1 heterocycles. The average Bonchev–Trinajstić information content (AvgIpc) is 3.14. The molecule has 1 aliphatic rings. The number of nitrogens with one attached hydrogen (secondary N) is 1. The van der Waals surface area contributed by atoms with Crippen LogP contribution in [0, 0.1) is 28.4 Å². The van der Waals surface area contributed by atoms with Gasteiger partial charge >= 0.3 is 6.03 Å². The standard InChI is InChI=1S/C21H18Cl2F2N4O2.C5H12/c22-12-4-5-14(16(24)10-12)21(11-26)7-9-29(20(31)28-8-6-17(27)30)19(21)13-2-1-3-15(23)18(13)25;1-5(2,3)4/h1-5,10,19H,6-9H2,(H2,27,30)(H,28,31);1-4H3/t19-,21?;/m1./s1. The largest absolute Gasteiger partial charge is 0.370 e. The van der Waals surface area contributed by atoms with Gasteiger partial charge < -0.3 is 16.0 Å². The van der Waals surface area contributed by atoms with Gasteiger partial charge in [0.1, 0.15) is 17.0 Å². The summed E-state index contributed by atoms with van der Waals surface area (Å²) in [7, 11) is 0. The van der Waals surface area contributed by atoms with Crippen molar-refractivity contribution in [1.82, 2.24) is 10.2 Å². The summed E-state index contributed by atoms with van der Waals surface area (Å²) in [5.41, 5.74) is 3.97. The molecule has 0 aromatic heterocycles. The molecule has 0 radical (unpaired) electrons. The highest BCUT2D eigenvalue weighted by molar-refractivity contribution is 6.31. The molecule has 194 valence electrons. The topological polar surface area (TPSA) is 99.2 Å². The Balaban J connectivity index is 0.000000830. The number of carbonyl (C=O) groups excluding carboxylic acids is 2. The van der Waals surface area contributed by atoms with Crippen LogP contribution in [0.15, 0.2) is 36.4 Å². The highest BCUT2D eigenvalue weighted by atomic mass is 35.5. The zero-order valence-electron chi connectivity index (χ0n) is 20.7. The van der Waals surface area contributed by atoms with Crippen LogP contribution in [0.5, 0.6) is 0 Å². The van der Waals surface area contributed by atoms with Crippen molar-refractivity contribution in [1.29, 1.82) is 5.26 Å². The molecule has 1 saturated heterocycles. The van der Waals surface area contributed by atoms with Crippen molar-refractivity contribution in [2.45, 2.75) is 52.0 Å². The van der Waals surface area contributed by atoms with E-state index in [0.717, 1.165) is 6.07 Å². The lowest BCUT2D eigenvalue weighted by Crippen LogP contribution is -2.44. The van der Waals surface area contributed by atoms with Gasteiger partial charge in [0.2, 0.25) is 5.91 Å². The average molecular weight is 539 g/mol. The Bertz CT molecular complexity index is 1160. The molecule has 0 bridgehead atoms. The molecule has 2 aromatic rings. The third-order valence-corrected chi connectivity index (χ3v) is 5.85. The zero-order chi connectivity index (χ0) is 27.3. The van der Waals surface area contributed by atoms with Crippen LogP contribution in [0.3, 0.4) is 0 Å². The maximum atomic E-state index is 15.0. The highest BCUT2D eigenvalue weighted by Crippen LogP contribution is 2.50. The Morgan fingerprint density at radius 1 is 1.22 bits per heavy atom. The summed E-state index contributed by atoms with van der Waals surface area (Å²) < 4.78 is 29.9. The zero-order valence-corrected chi connectivity index (χ0v) is 22.2. The quantitative estimate of drug-likeness (QED) is 0.479. The van der Waals surface area contributed by atoms with Gasteiger partial charge in [-0.3, -0.25) is 4.79 Å². The number of rotatable bonds is 5. The monoisotopic (exact) mass is 538 g/mol. The van der Waals surface area contributed by atoms with Crippen LogP contribution >= 0.6 is 23.2 Å². The Kier molecular flexibility index (Phi) is 9.70. The molecule has 36 heavy (non-hydrogen) atoms. The summed E-state index contributed by atoms with van der Waals surface area (Å²) in [6, 6.07) is 8.39. The maximum Gasteiger partial charge on any atom is 0.317 e. The van der Waals surface area contributed by atoms with Gasteiger partial charge in [0, 0.05) is 35.7 Å². The summed E-state index contributed by atoms with van der Waals surface area (Å²) in [6.07, 6.45) is -0.0487. The van der Waals surface area contributed by atoms with E-state index in [0.29, 0.717) is 5.41 Å². The van der Waals surface area contributed by atoms with E-state index in [-0.39, 0.29) is 47.1 Å². The van der Waals surface area contributed by atoms with E-state index < -0.39 is 35.0 Å². The van der Waals surface area contributed by atoms with Crippen molar-refractivity contribution in [3.8, 4) is 6.07 Å². The van der Waals surface area contributed by atoms with E-state index in [1.807, 2.05) is 0 Å². The molecule has 6 nitrogen and oxygen atoms in total. The second kappa shape index (κ2) is 11.9. The molecule has 1 aliphatic heterocycles. The first-order chi connectivity index (χ1) is 16.7. The second-order valence-electron chi connectivity index (χ2n) is 10.1. The number of likely N-dealkylation sites (tertiary alicyclic amines) is 1. The second-order valence-corrected chi connectivity index (χ2v) is 11.0. The Morgan fingerprint density at radius 3 is 2.42 bits per heavy atom. The molecule has 0 aliphatic carbocycles. The molecule has 1 unspecified atom stereocenters. The number of hydrogen-bond donors (Lipinski definition) is 2. The van der Waals surface area contributed by atoms with Crippen LogP contribution in [0.1, 0.15) is 57.7 Å². The van der Waals surface area contributed by atoms with E-state index in [1.54, 1.807) is 0 Å². The van der Waals surface area contributed by atoms with Crippen LogP contribution in [-0.2, 0) is 10.2 Å². The Hall–Kier alpha value is -2.89. The number of halogens is 4. The van der Waals surface area contributed by atoms with Crippen molar-refractivity contribution in [3.63, 3.8) is 0 Å². The smallest absolute Gasteiger partial charge is 0.317 e. The van der Waals surface area contributed by atoms with Gasteiger partial charge in [-0.2, -0.15) is 5.26 Å². The van der Waals surface area contributed by atoms with Crippen LogP contribution in [0.4, 0.5) is 13.6 Å².